The smallest absolute Gasteiger partial charge is 0.432 e. The van der Waals surface area contributed by atoms with E-state index < -0.39 is 41.2 Å². The Bertz CT molecular complexity index is 800. The van der Waals surface area contributed by atoms with Gasteiger partial charge in [0.25, 0.3) is 0 Å². The van der Waals surface area contributed by atoms with Crippen LogP contribution in [-0.2, 0) is 20.9 Å². The first-order chi connectivity index (χ1) is 14.0. The molecule has 0 N–H and O–H groups in total. The number of benzene rings is 1. The molecule has 166 valence electrons. The van der Waals surface area contributed by atoms with Gasteiger partial charge >= 0.3 is 12.1 Å². The SMILES string of the molecule is CCOC(=O)C1=C(C(F)(F)F)N(Cc2ccc(OC)cc2)C(=O)C(C)C1CC(C)C. The van der Waals surface area contributed by atoms with Gasteiger partial charge < -0.3 is 14.4 Å². The highest BCUT2D eigenvalue weighted by molar-refractivity contribution is 5.95. The van der Waals surface area contributed by atoms with E-state index in [1.54, 1.807) is 31.2 Å². The van der Waals surface area contributed by atoms with Gasteiger partial charge in [0.1, 0.15) is 11.4 Å². The third kappa shape index (κ3) is 5.15. The Labute approximate surface area is 174 Å². The van der Waals surface area contributed by atoms with Crippen molar-refractivity contribution >= 4 is 11.9 Å². The number of carbonyl (C=O) groups is 2. The first kappa shape index (κ1) is 23.8. The maximum absolute atomic E-state index is 14.2. The van der Waals surface area contributed by atoms with Crippen LogP contribution in [-0.4, -0.2) is 36.7 Å². The average Bonchev–Trinajstić information content (AvgIpc) is 2.66. The Morgan fingerprint density at radius 1 is 1.20 bits per heavy atom. The summed E-state index contributed by atoms with van der Waals surface area (Å²) in [7, 11) is 1.48. The Morgan fingerprint density at radius 2 is 1.80 bits per heavy atom. The number of esters is 1. The lowest BCUT2D eigenvalue weighted by Crippen LogP contribution is -2.49. The van der Waals surface area contributed by atoms with E-state index in [9.17, 15) is 22.8 Å². The van der Waals surface area contributed by atoms with Crippen LogP contribution in [0, 0.1) is 17.8 Å². The number of hydrogen-bond acceptors (Lipinski definition) is 4. The molecule has 1 aromatic carbocycles. The Kier molecular flexibility index (Phi) is 7.55. The molecule has 1 aromatic rings. The maximum atomic E-state index is 14.2. The predicted octanol–water partition coefficient (Wildman–Crippen LogP) is 4.72. The number of halogens is 3. The van der Waals surface area contributed by atoms with Crippen molar-refractivity contribution in [3.05, 3.63) is 41.1 Å². The first-order valence-corrected chi connectivity index (χ1v) is 9.94. The third-order valence-electron chi connectivity index (χ3n) is 5.14. The van der Waals surface area contributed by atoms with Crippen molar-refractivity contribution in [2.75, 3.05) is 13.7 Å². The summed E-state index contributed by atoms with van der Waals surface area (Å²) in [4.78, 5) is 26.4. The molecule has 2 unspecified atom stereocenters. The van der Waals surface area contributed by atoms with Crippen LogP contribution >= 0.6 is 0 Å². The minimum atomic E-state index is -4.89. The number of hydrogen-bond donors (Lipinski definition) is 0. The second-order valence-corrected chi connectivity index (χ2v) is 7.78. The summed E-state index contributed by atoms with van der Waals surface area (Å²) in [6.45, 7) is 6.44. The van der Waals surface area contributed by atoms with Crippen molar-refractivity contribution in [2.24, 2.45) is 17.8 Å². The molecule has 1 aliphatic rings. The number of alkyl halides is 3. The Balaban J connectivity index is 2.63. The van der Waals surface area contributed by atoms with Crippen molar-refractivity contribution in [1.82, 2.24) is 4.90 Å². The number of ether oxygens (including phenoxy) is 2. The van der Waals surface area contributed by atoms with Crippen molar-refractivity contribution in [3.63, 3.8) is 0 Å². The van der Waals surface area contributed by atoms with Crippen LogP contribution in [0.15, 0.2) is 35.5 Å². The molecular formula is C22H28F3NO4. The average molecular weight is 427 g/mol. The summed E-state index contributed by atoms with van der Waals surface area (Å²) in [5.41, 5.74) is -1.19. The summed E-state index contributed by atoms with van der Waals surface area (Å²) in [6.07, 6.45) is -4.61. The molecular weight excluding hydrogens is 399 g/mol. The van der Waals surface area contributed by atoms with E-state index in [1.807, 2.05) is 13.8 Å². The molecule has 30 heavy (non-hydrogen) atoms. The maximum Gasteiger partial charge on any atom is 0.432 e. The number of nitrogens with zero attached hydrogens (tertiary/aromatic N) is 1. The first-order valence-electron chi connectivity index (χ1n) is 9.94. The van der Waals surface area contributed by atoms with Crippen LogP contribution in [0.5, 0.6) is 5.75 Å². The fourth-order valence-electron chi connectivity index (χ4n) is 3.76. The lowest BCUT2D eigenvalue weighted by Gasteiger charge is -2.40. The molecule has 0 bridgehead atoms. The topological polar surface area (TPSA) is 55.8 Å². The lowest BCUT2D eigenvalue weighted by molar-refractivity contribution is -0.155. The van der Waals surface area contributed by atoms with Gasteiger partial charge in [-0.2, -0.15) is 13.2 Å². The molecule has 2 rings (SSSR count). The van der Waals surface area contributed by atoms with Gasteiger partial charge in [0.15, 0.2) is 0 Å². The van der Waals surface area contributed by atoms with E-state index in [-0.39, 0.29) is 25.5 Å². The lowest BCUT2D eigenvalue weighted by atomic mass is 9.76. The summed E-state index contributed by atoms with van der Waals surface area (Å²) >= 11 is 0. The molecule has 0 radical (unpaired) electrons. The van der Waals surface area contributed by atoms with Crippen molar-refractivity contribution in [1.29, 1.82) is 0 Å². The largest absolute Gasteiger partial charge is 0.497 e. The molecule has 2 atom stereocenters. The molecule has 1 amide bonds. The second-order valence-electron chi connectivity index (χ2n) is 7.78. The molecule has 0 saturated heterocycles. The van der Waals surface area contributed by atoms with Gasteiger partial charge in [0, 0.05) is 11.8 Å². The number of amides is 1. The van der Waals surface area contributed by atoms with E-state index in [1.165, 1.54) is 14.0 Å². The fourth-order valence-corrected chi connectivity index (χ4v) is 3.76. The minimum Gasteiger partial charge on any atom is -0.497 e. The van der Waals surface area contributed by atoms with Crippen LogP contribution in [0.25, 0.3) is 0 Å². The third-order valence-corrected chi connectivity index (χ3v) is 5.14. The minimum absolute atomic E-state index is 0.00250. The van der Waals surface area contributed by atoms with Gasteiger partial charge in [-0.15, -0.1) is 0 Å². The van der Waals surface area contributed by atoms with E-state index in [2.05, 4.69) is 0 Å². The summed E-state index contributed by atoms with van der Waals surface area (Å²) in [5.74, 6) is -2.77. The van der Waals surface area contributed by atoms with Crippen molar-refractivity contribution in [2.45, 2.75) is 46.8 Å². The van der Waals surface area contributed by atoms with Gasteiger partial charge in [-0.1, -0.05) is 32.9 Å². The van der Waals surface area contributed by atoms with Crippen LogP contribution in [0.3, 0.4) is 0 Å². The monoisotopic (exact) mass is 427 g/mol. The molecule has 5 nitrogen and oxygen atoms in total. The zero-order valence-corrected chi connectivity index (χ0v) is 17.9. The highest BCUT2D eigenvalue weighted by Crippen LogP contribution is 2.44. The highest BCUT2D eigenvalue weighted by atomic mass is 19.4. The molecule has 8 heteroatoms. The standard InChI is InChI=1S/C22H28F3NO4/c1-6-30-21(28)18-17(11-13(2)3)14(4)20(27)26(19(18)22(23,24)25)12-15-7-9-16(29-5)10-8-15/h7-10,13-14,17H,6,11-12H2,1-5H3. The molecule has 0 spiro atoms. The van der Waals surface area contributed by atoms with E-state index in [0.717, 1.165) is 0 Å². The highest BCUT2D eigenvalue weighted by Gasteiger charge is 2.52. The van der Waals surface area contributed by atoms with Gasteiger partial charge in [-0.25, -0.2) is 4.79 Å². The zero-order valence-electron chi connectivity index (χ0n) is 17.9. The summed E-state index contributed by atoms with van der Waals surface area (Å²) in [5, 5.41) is 0. The van der Waals surface area contributed by atoms with E-state index >= 15 is 0 Å². The van der Waals surface area contributed by atoms with E-state index in [0.29, 0.717) is 16.2 Å². The number of allylic oxidation sites excluding steroid dienone is 1. The Morgan fingerprint density at radius 3 is 2.27 bits per heavy atom. The number of methoxy groups -OCH3 is 1. The number of carbonyl (C=O) groups excluding carboxylic acids is 2. The van der Waals surface area contributed by atoms with Crippen molar-refractivity contribution < 1.29 is 32.2 Å². The molecule has 0 aromatic heterocycles. The quantitative estimate of drug-likeness (QED) is 0.591. The molecule has 0 saturated carbocycles. The molecule has 0 fully saturated rings. The molecule has 1 heterocycles. The van der Waals surface area contributed by atoms with Crippen LogP contribution in [0.2, 0.25) is 0 Å². The molecule has 1 aliphatic heterocycles. The van der Waals surface area contributed by atoms with E-state index in [4.69, 9.17) is 9.47 Å². The van der Waals surface area contributed by atoms with Crippen LogP contribution in [0.4, 0.5) is 13.2 Å². The van der Waals surface area contributed by atoms with Gasteiger partial charge in [-0.05, 0) is 37.0 Å². The van der Waals surface area contributed by atoms with Gasteiger partial charge in [0.2, 0.25) is 5.91 Å². The molecule has 0 aliphatic carbocycles. The van der Waals surface area contributed by atoms with Crippen LogP contribution in [0.1, 0.15) is 39.7 Å². The Hall–Kier alpha value is -2.51. The number of rotatable bonds is 7. The summed E-state index contributed by atoms with van der Waals surface area (Å²) in [6, 6.07) is 6.40. The van der Waals surface area contributed by atoms with Gasteiger partial charge in [-0.3, -0.25) is 4.79 Å². The predicted molar refractivity (Wildman–Crippen MR) is 105 cm³/mol. The zero-order chi connectivity index (χ0) is 22.6. The fraction of sp³-hybridized carbons (Fsp3) is 0.545. The second kappa shape index (κ2) is 9.53. The van der Waals surface area contributed by atoms with Crippen molar-refractivity contribution in [3.8, 4) is 5.75 Å². The van der Waals surface area contributed by atoms with Crippen LogP contribution < -0.4 is 4.74 Å². The normalized spacial score (nSPS) is 20.0. The van der Waals surface area contributed by atoms with Gasteiger partial charge in [0.05, 0.1) is 25.8 Å². The summed E-state index contributed by atoms with van der Waals surface area (Å²) < 4.78 is 52.6.